The zero-order chi connectivity index (χ0) is 23.4. The van der Waals surface area contributed by atoms with Gasteiger partial charge in [0.1, 0.15) is 5.65 Å². The van der Waals surface area contributed by atoms with Crippen molar-refractivity contribution in [2.24, 2.45) is 0 Å². The largest absolute Gasteiger partial charge is 0.414 e. The fraction of sp³-hybridized carbons (Fsp3) is 0.0833. The van der Waals surface area contributed by atoms with Gasteiger partial charge in [0.15, 0.2) is 0 Å². The number of hydrogen-bond donors (Lipinski definition) is 3. The van der Waals surface area contributed by atoms with Crippen molar-refractivity contribution in [2.75, 3.05) is 10.6 Å². The van der Waals surface area contributed by atoms with E-state index in [0.717, 1.165) is 11.1 Å². The molecule has 8 nitrogen and oxygen atoms in total. The van der Waals surface area contributed by atoms with Crippen LogP contribution in [0.2, 0.25) is 0 Å². The number of alkyl halides is 1. The predicted molar refractivity (Wildman–Crippen MR) is 121 cm³/mol. The fourth-order valence-corrected chi connectivity index (χ4v) is 3.21. The van der Waals surface area contributed by atoms with Crippen LogP contribution in [-0.2, 0) is 14.3 Å². The lowest BCUT2D eigenvalue weighted by Gasteiger charge is -2.11. The van der Waals surface area contributed by atoms with E-state index in [-0.39, 0.29) is 5.56 Å². The highest BCUT2D eigenvalue weighted by atomic mass is 19.1. The first-order valence-corrected chi connectivity index (χ1v) is 9.97. The number of aromatic amines is 1. The summed E-state index contributed by atoms with van der Waals surface area (Å²) in [6.07, 6.45) is 0.291. The Labute approximate surface area is 187 Å². The number of fused-ring (bicyclic) bond motifs is 1. The van der Waals surface area contributed by atoms with E-state index in [1.54, 1.807) is 48.7 Å². The van der Waals surface area contributed by atoms with Crippen LogP contribution in [0.15, 0.2) is 73.1 Å². The van der Waals surface area contributed by atoms with Crippen LogP contribution < -0.4 is 10.6 Å². The lowest BCUT2D eigenvalue weighted by molar-refractivity contribution is -0.133. The molecule has 4 rings (SSSR count). The average Bonchev–Trinajstić information content (AvgIpc) is 3.23. The number of anilines is 2. The molecule has 2 aromatic carbocycles. The van der Waals surface area contributed by atoms with Crippen LogP contribution in [0.25, 0.3) is 22.2 Å². The molecule has 0 aliphatic heterocycles. The molecule has 4 aromatic rings. The van der Waals surface area contributed by atoms with Gasteiger partial charge in [-0.1, -0.05) is 42.5 Å². The molecule has 0 radical (unpaired) electrons. The van der Waals surface area contributed by atoms with Crippen molar-refractivity contribution in [3.63, 3.8) is 0 Å². The predicted octanol–water partition coefficient (Wildman–Crippen LogP) is 4.97. The number of hydrogen-bond acceptors (Lipinski definition) is 5. The number of ketones is 1. The number of aromatic nitrogens is 2. The molecule has 0 bridgehead atoms. The third-order valence-corrected chi connectivity index (χ3v) is 4.80. The van der Waals surface area contributed by atoms with E-state index < -0.39 is 24.1 Å². The Morgan fingerprint density at radius 3 is 2.55 bits per heavy atom. The summed E-state index contributed by atoms with van der Waals surface area (Å²) in [5.74, 6) is -1.30. The Hall–Kier alpha value is -4.53. The number of carbonyl (C=O) groups excluding carboxylic acids is 3. The van der Waals surface area contributed by atoms with Gasteiger partial charge in [0.2, 0.25) is 5.78 Å². The van der Waals surface area contributed by atoms with Gasteiger partial charge in [-0.15, -0.1) is 0 Å². The van der Waals surface area contributed by atoms with Gasteiger partial charge in [-0.05, 0) is 23.8 Å². The second kappa shape index (κ2) is 9.31. The minimum absolute atomic E-state index is 0.228. The lowest BCUT2D eigenvalue weighted by atomic mass is 10.0. The molecule has 2 amide bonds. The molecule has 0 fully saturated rings. The molecule has 0 saturated carbocycles. The molecule has 2 heterocycles. The maximum absolute atomic E-state index is 14.2. The van der Waals surface area contributed by atoms with E-state index in [2.05, 4.69) is 20.6 Å². The van der Waals surface area contributed by atoms with Crippen molar-refractivity contribution >= 4 is 40.2 Å². The number of amides is 2. The Morgan fingerprint density at radius 2 is 1.79 bits per heavy atom. The SMILES string of the molecule is CC(=O)C(=O)Nc1cccc(-c2c[nH]c3ncc(NC(=O)OC(F)c4ccccc4)cc23)c1. The molecule has 1 atom stereocenters. The lowest BCUT2D eigenvalue weighted by Crippen LogP contribution is -2.19. The second-order valence-electron chi connectivity index (χ2n) is 7.17. The van der Waals surface area contributed by atoms with Gasteiger partial charge in [-0.25, -0.2) is 9.78 Å². The maximum atomic E-state index is 14.2. The molecule has 0 aliphatic carbocycles. The number of H-pyrrole nitrogens is 1. The fourth-order valence-electron chi connectivity index (χ4n) is 3.21. The highest BCUT2D eigenvalue weighted by Crippen LogP contribution is 2.31. The van der Waals surface area contributed by atoms with E-state index in [9.17, 15) is 18.8 Å². The molecular weight excluding hydrogens is 427 g/mol. The summed E-state index contributed by atoms with van der Waals surface area (Å²) in [6.45, 7) is 1.19. The second-order valence-corrected chi connectivity index (χ2v) is 7.17. The van der Waals surface area contributed by atoms with E-state index in [1.165, 1.54) is 25.3 Å². The molecule has 3 N–H and O–H groups in total. The Morgan fingerprint density at radius 1 is 1.00 bits per heavy atom. The smallest absolute Gasteiger partial charge is 0.410 e. The van der Waals surface area contributed by atoms with Crippen LogP contribution in [0.5, 0.6) is 0 Å². The first kappa shape index (κ1) is 21.7. The van der Waals surface area contributed by atoms with Crippen LogP contribution in [0.3, 0.4) is 0 Å². The number of pyridine rings is 1. The summed E-state index contributed by atoms with van der Waals surface area (Å²) in [4.78, 5) is 42.4. The van der Waals surface area contributed by atoms with E-state index in [1.807, 2.05) is 6.07 Å². The summed E-state index contributed by atoms with van der Waals surface area (Å²) >= 11 is 0. The van der Waals surface area contributed by atoms with Gasteiger partial charge in [0, 0.05) is 35.3 Å². The molecule has 0 aliphatic rings. The Bertz CT molecular complexity index is 1340. The van der Waals surface area contributed by atoms with Crippen molar-refractivity contribution in [1.29, 1.82) is 0 Å². The number of nitrogens with one attached hydrogen (secondary N) is 3. The van der Waals surface area contributed by atoms with Gasteiger partial charge < -0.3 is 15.0 Å². The van der Waals surface area contributed by atoms with Gasteiger partial charge in [0.05, 0.1) is 11.9 Å². The third kappa shape index (κ3) is 5.04. The average molecular weight is 446 g/mol. The summed E-state index contributed by atoms with van der Waals surface area (Å²) < 4.78 is 19.0. The number of Topliss-reactive ketones (excluding diaryl/α,β-unsaturated/α-hetero) is 1. The van der Waals surface area contributed by atoms with Gasteiger partial charge in [-0.2, -0.15) is 4.39 Å². The Kier molecular flexibility index (Phi) is 6.12. The summed E-state index contributed by atoms with van der Waals surface area (Å²) in [5, 5.41) is 5.70. The van der Waals surface area contributed by atoms with Gasteiger partial charge >= 0.3 is 6.09 Å². The molecule has 9 heteroatoms. The molecule has 0 spiro atoms. The minimum Gasteiger partial charge on any atom is -0.410 e. The minimum atomic E-state index is -1.90. The number of nitrogens with zero attached hydrogens (tertiary/aromatic N) is 1. The number of benzene rings is 2. The van der Waals surface area contributed by atoms with Crippen LogP contribution >= 0.6 is 0 Å². The number of rotatable bonds is 6. The number of halogens is 1. The van der Waals surface area contributed by atoms with Crippen molar-refractivity contribution in [2.45, 2.75) is 13.3 Å². The molecule has 2 aromatic heterocycles. The summed E-state index contributed by atoms with van der Waals surface area (Å²) in [6, 6.07) is 16.7. The van der Waals surface area contributed by atoms with Crippen molar-refractivity contribution in [3.8, 4) is 11.1 Å². The number of carbonyl (C=O) groups is 3. The van der Waals surface area contributed by atoms with Crippen molar-refractivity contribution in [3.05, 3.63) is 78.6 Å². The number of ether oxygens (including phenoxy) is 1. The summed E-state index contributed by atoms with van der Waals surface area (Å²) in [7, 11) is 0. The first-order valence-electron chi connectivity index (χ1n) is 9.97. The molecule has 1 unspecified atom stereocenters. The van der Waals surface area contributed by atoms with E-state index in [4.69, 9.17) is 4.74 Å². The molecule has 166 valence electrons. The van der Waals surface area contributed by atoms with E-state index in [0.29, 0.717) is 22.4 Å². The summed E-state index contributed by atoms with van der Waals surface area (Å²) in [5.41, 5.74) is 3.07. The van der Waals surface area contributed by atoms with Gasteiger partial charge in [0.25, 0.3) is 12.3 Å². The third-order valence-electron chi connectivity index (χ3n) is 4.80. The highest BCUT2D eigenvalue weighted by molar-refractivity contribution is 6.39. The molecule has 33 heavy (non-hydrogen) atoms. The highest BCUT2D eigenvalue weighted by Gasteiger charge is 2.16. The van der Waals surface area contributed by atoms with Crippen LogP contribution in [0.4, 0.5) is 20.6 Å². The normalized spacial score (nSPS) is 11.6. The standard InChI is InChI=1S/C24H19FN4O4/c1-14(30)23(31)28-17-9-5-8-16(10-17)20-13-27-22-19(20)11-18(12-26-22)29-24(32)33-21(25)15-6-3-2-4-7-15/h2-13,21H,1H3,(H,26,27)(H,28,31)(H,29,32). The van der Waals surface area contributed by atoms with Gasteiger partial charge in [-0.3, -0.25) is 14.9 Å². The monoisotopic (exact) mass is 446 g/mol. The van der Waals surface area contributed by atoms with Crippen molar-refractivity contribution in [1.82, 2.24) is 9.97 Å². The Balaban J connectivity index is 1.54. The topological polar surface area (TPSA) is 113 Å². The zero-order valence-corrected chi connectivity index (χ0v) is 17.5. The van der Waals surface area contributed by atoms with E-state index >= 15 is 0 Å². The van der Waals surface area contributed by atoms with Crippen LogP contribution in [0, 0.1) is 0 Å². The van der Waals surface area contributed by atoms with Crippen LogP contribution in [-0.4, -0.2) is 27.8 Å². The molecule has 0 saturated heterocycles. The zero-order valence-electron chi connectivity index (χ0n) is 17.5. The van der Waals surface area contributed by atoms with Crippen LogP contribution in [0.1, 0.15) is 18.8 Å². The molecular formula is C24H19FN4O4. The maximum Gasteiger partial charge on any atom is 0.414 e. The first-order chi connectivity index (χ1) is 15.9. The van der Waals surface area contributed by atoms with Crippen molar-refractivity contribution < 1.29 is 23.5 Å². The quantitative estimate of drug-likeness (QED) is 0.362.